The van der Waals surface area contributed by atoms with E-state index >= 15 is 0 Å². The molecule has 3 fully saturated rings. The molecule has 3 amide bonds. The summed E-state index contributed by atoms with van der Waals surface area (Å²) < 4.78 is 6.67. The molecule has 228 valence electrons. The van der Waals surface area contributed by atoms with Gasteiger partial charge in [0.15, 0.2) is 0 Å². The molecule has 3 heterocycles. The third kappa shape index (κ3) is 5.41. The van der Waals surface area contributed by atoms with Gasteiger partial charge in [-0.25, -0.2) is 0 Å². The van der Waals surface area contributed by atoms with Gasteiger partial charge in [0, 0.05) is 19.6 Å². The SMILES string of the molecule is C=CCN(CCC)C(=O)[C@@H]1[C@@H]2CCC3(O2)C(C(=O)N(CC=C)c2ccccc2Cl)N([C@@H](CO)Cc2ccccc2)C(=O)[C@H]13. The molecule has 2 bridgehead atoms. The molecular weight excluding hydrogens is 566 g/mol. The van der Waals surface area contributed by atoms with Crippen molar-refractivity contribution in [3.8, 4) is 0 Å². The summed E-state index contributed by atoms with van der Waals surface area (Å²) in [6.45, 7) is 10.4. The highest BCUT2D eigenvalue weighted by Crippen LogP contribution is 2.59. The maximum absolute atomic E-state index is 14.8. The van der Waals surface area contributed by atoms with E-state index in [2.05, 4.69) is 13.2 Å². The normalized spacial score (nSPS) is 26.2. The van der Waals surface area contributed by atoms with Crippen LogP contribution in [0.5, 0.6) is 0 Å². The van der Waals surface area contributed by atoms with Crippen LogP contribution in [-0.4, -0.2) is 82.7 Å². The lowest BCUT2D eigenvalue weighted by molar-refractivity contribution is -0.147. The quantitative estimate of drug-likeness (QED) is 0.345. The second kappa shape index (κ2) is 13.0. The van der Waals surface area contributed by atoms with Crippen LogP contribution in [0, 0.1) is 11.8 Å². The second-order valence-corrected chi connectivity index (χ2v) is 12.0. The fraction of sp³-hybridized carbons (Fsp3) is 0.441. The summed E-state index contributed by atoms with van der Waals surface area (Å²) in [6, 6.07) is 14.8. The number of hydrogen-bond acceptors (Lipinski definition) is 5. The third-order valence-electron chi connectivity index (χ3n) is 9.05. The maximum Gasteiger partial charge on any atom is 0.253 e. The van der Waals surface area contributed by atoms with Crippen LogP contribution in [0.15, 0.2) is 79.9 Å². The van der Waals surface area contributed by atoms with Crippen molar-refractivity contribution in [3.63, 3.8) is 0 Å². The molecule has 3 aliphatic rings. The van der Waals surface area contributed by atoms with Gasteiger partial charge in [-0.3, -0.25) is 14.4 Å². The Bertz CT molecular complexity index is 1370. The number of halogens is 1. The molecule has 3 saturated heterocycles. The monoisotopic (exact) mass is 605 g/mol. The van der Waals surface area contributed by atoms with Crippen molar-refractivity contribution in [2.24, 2.45) is 11.8 Å². The number of aliphatic hydroxyl groups is 1. The molecule has 3 aliphatic heterocycles. The molecule has 0 saturated carbocycles. The average Bonchev–Trinajstić information content (AvgIpc) is 3.66. The van der Waals surface area contributed by atoms with Crippen molar-refractivity contribution in [1.29, 1.82) is 0 Å². The number of likely N-dealkylation sites (tertiary alicyclic amines) is 1. The van der Waals surface area contributed by atoms with Gasteiger partial charge in [0.25, 0.3) is 5.91 Å². The summed E-state index contributed by atoms with van der Waals surface area (Å²) in [6.07, 6.45) is 4.93. The van der Waals surface area contributed by atoms with Crippen LogP contribution in [0.1, 0.15) is 31.7 Å². The van der Waals surface area contributed by atoms with Crippen molar-refractivity contribution in [2.75, 3.05) is 31.1 Å². The number of ether oxygens (including phenoxy) is 1. The van der Waals surface area contributed by atoms with Gasteiger partial charge in [0.1, 0.15) is 11.6 Å². The Labute approximate surface area is 258 Å². The summed E-state index contributed by atoms with van der Waals surface area (Å²) in [4.78, 5) is 48.3. The van der Waals surface area contributed by atoms with Crippen molar-refractivity contribution in [1.82, 2.24) is 9.80 Å². The van der Waals surface area contributed by atoms with E-state index in [0.717, 1.165) is 12.0 Å². The summed E-state index contributed by atoms with van der Waals surface area (Å²) in [7, 11) is 0. The van der Waals surface area contributed by atoms with E-state index in [0.29, 0.717) is 43.1 Å². The molecule has 0 aliphatic carbocycles. The predicted octanol–water partition coefficient (Wildman–Crippen LogP) is 4.26. The van der Waals surface area contributed by atoms with Crippen molar-refractivity contribution in [2.45, 2.75) is 56.4 Å². The summed E-state index contributed by atoms with van der Waals surface area (Å²) in [5.41, 5.74) is 0.197. The highest BCUT2D eigenvalue weighted by molar-refractivity contribution is 6.34. The summed E-state index contributed by atoms with van der Waals surface area (Å²) in [5, 5.41) is 11.1. The Morgan fingerprint density at radius 3 is 2.47 bits per heavy atom. The van der Waals surface area contributed by atoms with Crippen LogP contribution in [0.2, 0.25) is 5.02 Å². The Morgan fingerprint density at radius 1 is 1.12 bits per heavy atom. The van der Waals surface area contributed by atoms with Crippen LogP contribution in [0.25, 0.3) is 0 Å². The molecule has 0 aromatic heterocycles. The topological polar surface area (TPSA) is 90.4 Å². The van der Waals surface area contributed by atoms with Gasteiger partial charge in [-0.2, -0.15) is 0 Å². The largest absolute Gasteiger partial charge is 0.394 e. The Balaban J connectivity index is 1.61. The molecule has 5 rings (SSSR count). The number of nitrogens with zero attached hydrogens (tertiary/aromatic N) is 3. The molecule has 8 nitrogen and oxygen atoms in total. The highest BCUT2D eigenvalue weighted by Gasteiger charge is 2.75. The van der Waals surface area contributed by atoms with Crippen molar-refractivity contribution < 1.29 is 24.2 Å². The van der Waals surface area contributed by atoms with Crippen LogP contribution in [0.4, 0.5) is 5.69 Å². The number of aliphatic hydroxyl groups excluding tert-OH is 1. The molecule has 6 atom stereocenters. The van der Waals surface area contributed by atoms with Gasteiger partial charge in [-0.15, -0.1) is 13.2 Å². The zero-order valence-electron chi connectivity index (χ0n) is 24.6. The van der Waals surface area contributed by atoms with Gasteiger partial charge in [0.2, 0.25) is 11.8 Å². The van der Waals surface area contributed by atoms with Crippen LogP contribution < -0.4 is 4.90 Å². The minimum atomic E-state index is -1.21. The Kier molecular flexibility index (Phi) is 9.39. The van der Waals surface area contributed by atoms with E-state index in [1.165, 1.54) is 9.80 Å². The number of carbonyl (C=O) groups excluding carboxylic acids is 3. The van der Waals surface area contributed by atoms with Gasteiger partial charge in [0.05, 0.1) is 41.3 Å². The number of para-hydroxylation sites is 1. The molecule has 43 heavy (non-hydrogen) atoms. The standard InChI is InChI=1S/C34H40ClN3O5/c1-4-18-36(19-5-2)31(40)28-27-16-17-34(43-27)29(28)32(41)38(24(22-39)21-23-12-8-7-9-13-23)30(34)33(42)37(20-6-3)26-15-11-10-14-25(26)35/h4,6-15,24,27-30,39H,1,3,5,16-22H2,2H3/t24-,27+,28-,29+,30?,34?/m1/s1. The number of fused-ring (bicyclic) bond motifs is 1. The first kappa shape index (κ1) is 31.0. The molecule has 2 unspecified atom stereocenters. The van der Waals surface area contributed by atoms with E-state index in [-0.39, 0.29) is 30.9 Å². The first-order chi connectivity index (χ1) is 20.8. The summed E-state index contributed by atoms with van der Waals surface area (Å²) in [5.74, 6) is -2.43. The molecule has 9 heteroatoms. The van der Waals surface area contributed by atoms with Crippen molar-refractivity contribution >= 4 is 35.0 Å². The first-order valence-corrected chi connectivity index (χ1v) is 15.4. The predicted molar refractivity (Wildman–Crippen MR) is 167 cm³/mol. The Morgan fingerprint density at radius 2 is 1.81 bits per heavy atom. The molecule has 0 radical (unpaired) electrons. The number of carbonyl (C=O) groups is 3. The van der Waals surface area contributed by atoms with Crippen LogP contribution in [-0.2, 0) is 25.5 Å². The molecule has 1 N–H and O–H groups in total. The van der Waals surface area contributed by atoms with Gasteiger partial charge < -0.3 is 24.5 Å². The minimum absolute atomic E-state index is 0.153. The highest BCUT2D eigenvalue weighted by atomic mass is 35.5. The lowest BCUT2D eigenvalue weighted by Gasteiger charge is -2.39. The van der Waals surface area contributed by atoms with Crippen LogP contribution >= 0.6 is 11.6 Å². The van der Waals surface area contributed by atoms with Gasteiger partial charge >= 0.3 is 0 Å². The minimum Gasteiger partial charge on any atom is -0.394 e. The molecule has 2 aromatic carbocycles. The van der Waals surface area contributed by atoms with E-state index in [9.17, 15) is 19.5 Å². The molecule has 1 spiro atoms. The van der Waals surface area contributed by atoms with E-state index in [1.807, 2.05) is 37.3 Å². The lowest BCUT2D eigenvalue weighted by atomic mass is 9.70. The zero-order chi connectivity index (χ0) is 30.7. The fourth-order valence-electron chi connectivity index (χ4n) is 7.36. The maximum atomic E-state index is 14.8. The van der Waals surface area contributed by atoms with Crippen molar-refractivity contribution in [3.05, 3.63) is 90.5 Å². The van der Waals surface area contributed by atoms with Gasteiger partial charge in [-0.05, 0) is 43.4 Å². The number of hydrogen-bond donors (Lipinski definition) is 1. The smallest absolute Gasteiger partial charge is 0.253 e. The number of benzene rings is 2. The number of amides is 3. The fourth-order valence-corrected chi connectivity index (χ4v) is 7.60. The number of rotatable bonds is 13. The van der Waals surface area contributed by atoms with E-state index < -0.39 is 35.6 Å². The average molecular weight is 606 g/mol. The molecule has 2 aromatic rings. The first-order valence-electron chi connectivity index (χ1n) is 15.0. The zero-order valence-corrected chi connectivity index (χ0v) is 25.4. The summed E-state index contributed by atoms with van der Waals surface area (Å²) >= 11 is 6.58. The lowest BCUT2D eigenvalue weighted by Crippen LogP contribution is -2.59. The molecular formula is C34H40ClN3O5. The third-order valence-corrected chi connectivity index (χ3v) is 9.37. The van der Waals surface area contributed by atoms with E-state index in [4.69, 9.17) is 16.3 Å². The van der Waals surface area contributed by atoms with Crippen LogP contribution in [0.3, 0.4) is 0 Å². The Hall–Kier alpha value is -3.46. The van der Waals surface area contributed by atoms with E-state index in [1.54, 1.807) is 41.3 Å². The number of anilines is 1. The van der Waals surface area contributed by atoms with Gasteiger partial charge in [-0.1, -0.05) is 73.1 Å². The second-order valence-electron chi connectivity index (χ2n) is 11.6.